The van der Waals surface area contributed by atoms with Crippen LogP contribution < -0.4 is 11.1 Å². The van der Waals surface area contributed by atoms with E-state index in [0.717, 1.165) is 5.65 Å². The maximum absolute atomic E-state index is 12.0. The second-order valence-corrected chi connectivity index (χ2v) is 4.95. The van der Waals surface area contributed by atoms with Crippen LogP contribution in [-0.4, -0.2) is 26.0 Å². The van der Waals surface area contributed by atoms with Gasteiger partial charge in [-0.25, -0.2) is 0 Å². The van der Waals surface area contributed by atoms with Gasteiger partial charge in [-0.1, -0.05) is 13.0 Å². The number of fused-ring (bicyclic) bond motifs is 1. The van der Waals surface area contributed by atoms with Crippen molar-refractivity contribution in [3.05, 3.63) is 30.2 Å². The van der Waals surface area contributed by atoms with E-state index >= 15 is 0 Å². The molecule has 0 aliphatic rings. The van der Waals surface area contributed by atoms with E-state index in [1.165, 1.54) is 0 Å². The molecule has 2 aromatic heterocycles. The largest absolute Gasteiger partial charge is 0.345 e. The van der Waals surface area contributed by atoms with E-state index in [-0.39, 0.29) is 11.9 Å². The molecule has 2 unspecified atom stereocenters. The summed E-state index contributed by atoms with van der Waals surface area (Å²) in [5.74, 6) is 0.506. The molecule has 102 valence electrons. The highest BCUT2D eigenvalue weighted by molar-refractivity contribution is 5.85. The van der Waals surface area contributed by atoms with Gasteiger partial charge >= 0.3 is 0 Å². The molecule has 2 aromatic rings. The predicted molar refractivity (Wildman–Crippen MR) is 72.4 cm³/mol. The Hall–Kier alpha value is -1.95. The van der Waals surface area contributed by atoms with Gasteiger partial charge in [-0.15, -0.1) is 10.2 Å². The number of nitrogens with two attached hydrogens (primary N) is 1. The summed E-state index contributed by atoms with van der Waals surface area (Å²) in [5.41, 5.74) is 5.81. The zero-order valence-corrected chi connectivity index (χ0v) is 11.4. The molecule has 6 heteroatoms. The van der Waals surface area contributed by atoms with Crippen molar-refractivity contribution in [2.45, 2.75) is 38.8 Å². The van der Waals surface area contributed by atoms with Gasteiger partial charge in [0.25, 0.3) is 0 Å². The second-order valence-electron chi connectivity index (χ2n) is 4.95. The molecule has 0 aromatic carbocycles. The summed E-state index contributed by atoms with van der Waals surface area (Å²) in [4.78, 5) is 12.0. The molecule has 0 spiro atoms. The third kappa shape index (κ3) is 2.58. The Labute approximate surface area is 112 Å². The molecule has 2 atom stereocenters. The van der Waals surface area contributed by atoms with Crippen molar-refractivity contribution in [2.75, 3.05) is 0 Å². The molecule has 2 heterocycles. The lowest BCUT2D eigenvalue weighted by Gasteiger charge is -2.23. The van der Waals surface area contributed by atoms with Crippen LogP contribution in [0.3, 0.4) is 0 Å². The number of nitrogens with zero attached hydrogens (tertiary/aromatic N) is 3. The monoisotopic (exact) mass is 261 g/mol. The van der Waals surface area contributed by atoms with Gasteiger partial charge in [0, 0.05) is 6.20 Å². The fourth-order valence-electron chi connectivity index (χ4n) is 1.74. The van der Waals surface area contributed by atoms with Crippen LogP contribution in [0.2, 0.25) is 0 Å². The zero-order chi connectivity index (χ0) is 14.0. The minimum atomic E-state index is -0.866. The molecule has 0 radical (unpaired) electrons. The highest BCUT2D eigenvalue weighted by Gasteiger charge is 2.28. The van der Waals surface area contributed by atoms with Crippen LogP contribution in [0.15, 0.2) is 24.4 Å². The SMILES string of the molecule is CCC(C)(N)C(=O)NC(C)c1nnc2ccccn12. The van der Waals surface area contributed by atoms with Crippen LogP contribution in [0.1, 0.15) is 39.1 Å². The Morgan fingerprint density at radius 1 is 1.53 bits per heavy atom. The van der Waals surface area contributed by atoms with E-state index in [9.17, 15) is 4.79 Å². The number of aromatic nitrogens is 3. The number of carbonyl (C=O) groups excluding carboxylic acids is 1. The molecule has 2 rings (SSSR count). The van der Waals surface area contributed by atoms with Crippen LogP contribution in [-0.2, 0) is 4.79 Å². The number of hydrogen-bond donors (Lipinski definition) is 2. The van der Waals surface area contributed by atoms with E-state index in [0.29, 0.717) is 12.2 Å². The first-order chi connectivity index (χ1) is 8.95. The molecule has 6 nitrogen and oxygen atoms in total. The zero-order valence-electron chi connectivity index (χ0n) is 11.4. The number of pyridine rings is 1. The minimum absolute atomic E-state index is 0.185. The van der Waals surface area contributed by atoms with E-state index in [1.54, 1.807) is 6.92 Å². The fourth-order valence-corrected chi connectivity index (χ4v) is 1.74. The Morgan fingerprint density at radius 3 is 2.95 bits per heavy atom. The van der Waals surface area contributed by atoms with Crippen LogP contribution in [0.4, 0.5) is 0 Å². The molecule has 1 amide bonds. The summed E-state index contributed by atoms with van der Waals surface area (Å²) in [6.45, 7) is 5.47. The Kier molecular flexibility index (Phi) is 3.53. The maximum atomic E-state index is 12.0. The van der Waals surface area contributed by atoms with Gasteiger partial charge in [-0.05, 0) is 32.4 Å². The third-order valence-corrected chi connectivity index (χ3v) is 3.33. The van der Waals surface area contributed by atoms with Gasteiger partial charge in [0.05, 0.1) is 11.6 Å². The number of amides is 1. The van der Waals surface area contributed by atoms with Crippen LogP contribution in [0, 0.1) is 0 Å². The van der Waals surface area contributed by atoms with Gasteiger partial charge in [-0.2, -0.15) is 0 Å². The standard InChI is InChI=1S/C13H19N5O/c1-4-13(3,14)12(19)15-9(2)11-17-16-10-7-5-6-8-18(10)11/h5-9H,4,14H2,1-3H3,(H,15,19). The highest BCUT2D eigenvalue weighted by Crippen LogP contribution is 2.13. The van der Waals surface area contributed by atoms with Crippen LogP contribution in [0.5, 0.6) is 0 Å². The van der Waals surface area contributed by atoms with Crippen molar-refractivity contribution in [1.29, 1.82) is 0 Å². The van der Waals surface area contributed by atoms with Crippen molar-refractivity contribution in [3.8, 4) is 0 Å². The third-order valence-electron chi connectivity index (χ3n) is 3.33. The van der Waals surface area contributed by atoms with Gasteiger partial charge in [0.1, 0.15) is 0 Å². The maximum Gasteiger partial charge on any atom is 0.240 e. The molecule has 3 N–H and O–H groups in total. The predicted octanol–water partition coefficient (Wildman–Crippen LogP) is 1.03. The summed E-state index contributed by atoms with van der Waals surface area (Å²) >= 11 is 0. The van der Waals surface area contributed by atoms with Crippen molar-refractivity contribution < 1.29 is 4.79 Å². The van der Waals surface area contributed by atoms with Gasteiger partial charge in [-0.3, -0.25) is 9.20 Å². The molecule has 0 saturated heterocycles. The molecular weight excluding hydrogens is 242 g/mol. The molecule has 19 heavy (non-hydrogen) atoms. The lowest BCUT2D eigenvalue weighted by atomic mass is 9.99. The van der Waals surface area contributed by atoms with Crippen molar-refractivity contribution in [2.24, 2.45) is 5.73 Å². The van der Waals surface area contributed by atoms with Crippen LogP contribution in [0.25, 0.3) is 5.65 Å². The van der Waals surface area contributed by atoms with Crippen molar-refractivity contribution >= 4 is 11.6 Å². The Bertz CT molecular complexity index is 589. The van der Waals surface area contributed by atoms with Crippen molar-refractivity contribution in [3.63, 3.8) is 0 Å². The van der Waals surface area contributed by atoms with Gasteiger partial charge in [0.15, 0.2) is 11.5 Å². The first kappa shape index (κ1) is 13.5. The van der Waals surface area contributed by atoms with Gasteiger partial charge < -0.3 is 11.1 Å². The highest BCUT2D eigenvalue weighted by atomic mass is 16.2. The molecule has 0 saturated carbocycles. The summed E-state index contributed by atoms with van der Waals surface area (Å²) in [5, 5.41) is 11.1. The Morgan fingerprint density at radius 2 is 2.26 bits per heavy atom. The normalized spacial score (nSPS) is 16.0. The average Bonchev–Trinajstić information content (AvgIpc) is 2.82. The van der Waals surface area contributed by atoms with Crippen LogP contribution >= 0.6 is 0 Å². The Balaban J connectivity index is 2.21. The lowest BCUT2D eigenvalue weighted by Crippen LogP contribution is -2.51. The number of rotatable bonds is 4. The molecule has 0 aliphatic heterocycles. The van der Waals surface area contributed by atoms with Gasteiger partial charge in [0.2, 0.25) is 5.91 Å². The number of nitrogens with one attached hydrogen (secondary N) is 1. The number of carbonyl (C=O) groups is 1. The topological polar surface area (TPSA) is 85.3 Å². The summed E-state index contributed by atoms with van der Waals surface area (Å²) < 4.78 is 1.85. The smallest absolute Gasteiger partial charge is 0.240 e. The molecule has 0 bridgehead atoms. The second kappa shape index (κ2) is 4.97. The van der Waals surface area contributed by atoms with E-state index in [4.69, 9.17) is 5.73 Å². The first-order valence-electron chi connectivity index (χ1n) is 6.35. The average molecular weight is 261 g/mol. The first-order valence-corrected chi connectivity index (χ1v) is 6.35. The summed E-state index contributed by atoms with van der Waals surface area (Å²) in [7, 11) is 0. The quantitative estimate of drug-likeness (QED) is 0.861. The number of hydrogen-bond acceptors (Lipinski definition) is 4. The van der Waals surface area contributed by atoms with E-state index < -0.39 is 5.54 Å². The summed E-state index contributed by atoms with van der Waals surface area (Å²) in [6.07, 6.45) is 2.45. The van der Waals surface area contributed by atoms with E-state index in [2.05, 4.69) is 15.5 Å². The molecule has 0 fully saturated rings. The molecular formula is C13H19N5O. The van der Waals surface area contributed by atoms with Crippen molar-refractivity contribution in [1.82, 2.24) is 19.9 Å². The summed E-state index contributed by atoms with van der Waals surface area (Å²) in [6, 6.07) is 5.40. The molecule has 0 aliphatic carbocycles. The minimum Gasteiger partial charge on any atom is -0.345 e. The lowest BCUT2D eigenvalue weighted by molar-refractivity contribution is -0.126. The van der Waals surface area contributed by atoms with E-state index in [1.807, 2.05) is 42.6 Å². The fraction of sp³-hybridized carbons (Fsp3) is 0.462.